The lowest BCUT2D eigenvalue weighted by Gasteiger charge is -2.30. The number of aliphatic hydroxyl groups is 1. The van der Waals surface area contributed by atoms with Gasteiger partial charge in [0, 0.05) is 16.3 Å². The predicted molar refractivity (Wildman–Crippen MR) is 81.7 cm³/mol. The van der Waals surface area contributed by atoms with E-state index in [1.165, 1.54) is 16.5 Å². The van der Waals surface area contributed by atoms with Crippen molar-refractivity contribution < 1.29 is 5.11 Å². The van der Waals surface area contributed by atoms with E-state index >= 15 is 0 Å². The number of nitrogens with zero attached hydrogens (tertiary/aromatic N) is 1. The minimum absolute atomic E-state index is 0.252. The van der Waals surface area contributed by atoms with Crippen molar-refractivity contribution in [3.05, 3.63) is 15.6 Å². The van der Waals surface area contributed by atoms with Gasteiger partial charge in [0.25, 0.3) is 0 Å². The highest BCUT2D eigenvalue weighted by molar-refractivity contribution is 8.07. The van der Waals surface area contributed by atoms with Crippen molar-refractivity contribution in [3.8, 4) is 0 Å². The Balaban J connectivity index is 1.81. The van der Waals surface area contributed by atoms with Crippen molar-refractivity contribution in [2.24, 2.45) is 0 Å². The lowest BCUT2D eigenvalue weighted by molar-refractivity contribution is 0.160. The number of thioether (sulfide) groups is 2. The van der Waals surface area contributed by atoms with E-state index in [1.54, 1.807) is 11.3 Å². The zero-order chi connectivity index (χ0) is 12.7. The summed E-state index contributed by atoms with van der Waals surface area (Å²) in [4.78, 5) is 5.96. The molecule has 1 N–H and O–H groups in total. The third-order valence-electron chi connectivity index (χ3n) is 3.76. The largest absolute Gasteiger partial charge is 0.388 e. The van der Waals surface area contributed by atoms with E-state index in [9.17, 15) is 5.11 Å². The molecule has 1 aliphatic heterocycles. The minimum Gasteiger partial charge on any atom is -0.388 e. The molecule has 0 bridgehead atoms. The second-order valence-electron chi connectivity index (χ2n) is 5.14. The molecule has 1 saturated heterocycles. The summed E-state index contributed by atoms with van der Waals surface area (Å²) in [6.45, 7) is 4.63. The first-order chi connectivity index (χ1) is 8.65. The highest BCUT2D eigenvalue weighted by Crippen LogP contribution is 2.47. The number of aromatic nitrogens is 1. The second kappa shape index (κ2) is 5.35. The highest BCUT2D eigenvalue weighted by atomic mass is 32.2. The number of thiazole rings is 1. The fraction of sp³-hybridized carbons (Fsp3) is 0.769. The molecule has 1 aromatic heterocycles. The van der Waals surface area contributed by atoms with Crippen molar-refractivity contribution in [2.75, 3.05) is 5.75 Å². The van der Waals surface area contributed by atoms with Crippen molar-refractivity contribution in [1.82, 2.24) is 4.98 Å². The molecule has 18 heavy (non-hydrogen) atoms. The average Bonchev–Trinajstić information content (AvgIpc) is 2.78. The van der Waals surface area contributed by atoms with Gasteiger partial charge in [-0.15, -0.1) is 23.1 Å². The van der Waals surface area contributed by atoms with Gasteiger partial charge < -0.3 is 5.11 Å². The molecule has 2 nitrogen and oxygen atoms in total. The van der Waals surface area contributed by atoms with Gasteiger partial charge in [0.1, 0.15) is 5.01 Å². The van der Waals surface area contributed by atoms with Gasteiger partial charge in [0.15, 0.2) is 0 Å². The van der Waals surface area contributed by atoms with Crippen LogP contribution in [-0.2, 0) is 6.42 Å². The number of fused-ring (bicyclic) bond motifs is 1. The molecule has 1 fully saturated rings. The fourth-order valence-corrected chi connectivity index (χ4v) is 6.79. The predicted octanol–water partition coefficient (Wildman–Crippen LogP) is 3.81. The molecule has 4 unspecified atom stereocenters. The highest BCUT2D eigenvalue weighted by Gasteiger charge is 2.31. The summed E-state index contributed by atoms with van der Waals surface area (Å²) < 4.78 is 0. The number of rotatable bonds is 1. The molecular weight excluding hydrogens is 282 g/mol. The maximum absolute atomic E-state index is 10.0. The van der Waals surface area contributed by atoms with E-state index in [4.69, 9.17) is 4.98 Å². The molecule has 0 aromatic carbocycles. The fourth-order valence-electron chi connectivity index (χ4n) is 2.47. The van der Waals surface area contributed by atoms with Gasteiger partial charge in [0.05, 0.1) is 21.9 Å². The van der Waals surface area contributed by atoms with Crippen LogP contribution in [0.15, 0.2) is 0 Å². The van der Waals surface area contributed by atoms with E-state index in [-0.39, 0.29) is 6.10 Å². The van der Waals surface area contributed by atoms with Crippen LogP contribution in [0.4, 0.5) is 0 Å². The third kappa shape index (κ3) is 2.47. The monoisotopic (exact) mass is 301 g/mol. The molecule has 0 spiro atoms. The van der Waals surface area contributed by atoms with Crippen LogP contribution in [0, 0.1) is 0 Å². The molecule has 1 aromatic rings. The topological polar surface area (TPSA) is 33.1 Å². The van der Waals surface area contributed by atoms with Crippen molar-refractivity contribution in [2.45, 2.75) is 55.0 Å². The Hall–Kier alpha value is 0.290. The number of aliphatic hydroxyl groups excluding tert-OH is 1. The van der Waals surface area contributed by atoms with Crippen molar-refractivity contribution in [3.63, 3.8) is 0 Å². The smallest absolute Gasteiger partial charge is 0.107 e. The van der Waals surface area contributed by atoms with Crippen LogP contribution in [0.1, 0.15) is 53.6 Å². The number of hydrogen-bond acceptors (Lipinski definition) is 5. The molecule has 3 rings (SSSR count). The zero-order valence-electron chi connectivity index (χ0n) is 10.8. The van der Waals surface area contributed by atoms with Gasteiger partial charge >= 0.3 is 0 Å². The Bertz CT molecular complexity index is 434. The number of hydrogen-bond donors (Lipinski definition) is 1. The Labute approximate surface area is 121 Å². The normalized spacial score (nSPS) is 36.4. The molecule has 4 atom stereocenters. The van der Waals surface area contributed by atoms with Crippen molar-refractivity contribution >= 4 is 34.9 Å². The van der Waals surface area contributed by atoms with Gasteiger partial charge in [-0.2, -0.15) is 11.8 Å². The van der Waals surface area contributed by atoms with Gasteiger partial charge in [-0.3, -0.25) is 0 Å². The van der Waals surface area contributed by atoms with Crippen LogP contribution in [0.3, 0.4) is 0 Å². The molecule has 5 heteroatoms. The van der Waals surface area contributed by atoms with E-state index in [2.05, 4.69) is 37.4 Å². The molecule has 0 radical (unpaired) electrons. The van der Waals surface area contributed by atoms with Gasteiger partial charge in [-0.1, -0.05) is 13.8 Å². The summed E-state index contributed by atoms with van der Waals surface area (Å²) in [7, 11) is 0. The lowest BCUT2D eigenvalue weighted by atomic mass is 10.0. The Morgan fingerprint density at radius 1 is 1.28 bits per heavy atom. The van der Waals surface area contributed by atoms with Crippen LogP contribution in [-0.4, -0.2) is 26.3 Å². The molecular formula is C13H19NOS3. The molecule has 0 amide bonds. The first kappa shape index (κ1) is 13.3. The first-order valence-electron chi connectivity index (χ1n) is 6.59. The third-order valence-corrected chi connectivity index (χ3v) is 8.62. The van der Waals surface area contributed by atoms with Crippen LogP contribution in [0.5, 0.6) is 0 Å². The summed E-state index contributed by atoms with van der Waals surface area (Å²) in [5.74, 6) is 1.17. The van der Waals surface area contributed by atoms with Gasteiger partial charge in [-0.05, 0) is 19.3 Å². The minimum atomic E-state index is -0.252. The lowest BCUT2D eigenvalue weighted by Crippen LogP contribution is -2.21. The summed E-state index contributed by atoms with van der Waals surface area (Å²) in [5.41, 5.74) is 1.17. The van der Waals surface area contributed by atoms with Crippen LogP contribution in [0.2, 0.25) is 0 Å². The van der Waals surface area contributed by atoms with Crippen LogP contribution in [0.25, 0.3) is 0 Å². The summed E-state index contributed by atoms with van der Waals surface area (Å²) >= 11 is 5.87. The maximum atomic E-state index is 10.0. The average molecular weight is 302 g/mol. The quantitative estimate of drug-likeness (QED) is 0.855. The van der Waals surface area contributed by atoms with Gasteiger partial charge in [-0.25, -0.2) is 4.98 Å². The molecule has 2 aliphatic rings. The summed E-state index contributed by atoms with van der Waals surface area (Å²) in [6.07, 6.45) is 2.79. The standard InChI is InChI=1S/C13H19NOS3/c1-7-8(2)17-11(6-16-7)13-14-9-4-3-5-10(15)12(9)18-13/h7-8,10-11,15H,3-6H2,1-2H3. The molecule has 100 valence electrons. The molecule has 1 aliphatic carbocycles. The van der Waals surface area contributed by atoms with E-state index in [1.807, 2.05) is 0 Å². The van der Waals surface area contributed by atoms with Crippen LogP contribution >= 0.6 is 34.9 Å². The summed E-state index contributed by atoms with van der Waals surface area (Å²) in [6, 6.07) is 0. The van der Waals surface area contributed by atoms with Crippen molar-refractivity contribution in [1.29, 1.82) is 0 Å². The first-order valence-corrected chi connectivity index (χ1v) is 9.40. The van der Waals surface area contributed by atoms with Crippen LogP contribution < -0.4 is 0 Å². The summed E-state index contributed by atoms with van der Waals surface area (Å²) in [5, 5.41) is 13.2. The molecule has 0 saturated carbocycles. The van der Waals surface area contributed by atoms with E-state index < -0.39 is 0 Å². The second-order valence-corrected chi connectivity index (χ2v) is 9.20. The van der Waals surface area contributed by atoms with E-state index in [0.29, 0.717) is 10.5 Å². The Morgan fingerprint density at radius 2 is 2.11 bits per heavy atom. The zero-order valence-corrected chi connectivity index (χ0v) is 13.2. The molecule has 2 heterocycles. The van der Waals surface area contributed by atoms with E-state index in [0.717, 1.165) is 29.4 Å². The van der Waals surface area contributed by atoms with Gasteiger partial charge in [0.2, 0.25) is 0 Å². The number of aryl methyl sites for hydroxylation is 1. The Morgan fingerprint density at radius 3 is 2.83 bits per heavy atom. The maximum Gasteiger partial charge on any atom is 0.107 e. The SMILES string of the molecule is CC1SCC(c2nc3c(s2)C(O)CCC3)SC1C. The Kier molecular flexibility index (Phi) is 3.95.